The molecular formula is C22H30N4O3. The minimum absolute atomic E-state index is 0.0334. The summed E-state index contributed by atoms with van der Waals surface area (Å²) in [6, 6.07) is 8.51. The van der Waals surface area contributed by atoms with Crippen LogP contribution in [-0.4, -0.2) is 67.8 Å². The highest BCUT2D eigenvalue weighted by molar-refractivity contribution is 5.77. The van der Waals surface area contributed by atoms with Crippen molar-refractivity contribution in [3.63, 3.8) is 0 Å². The molecule has 0 N–H and O–H groups in total. The van der Waals surface area contributed by atoms with Crippen molar-refractivity contribution >= 4 is 11.7 Å². The van der Waals surface area contributed by atoms with Crippen molar-refractivity contribution in [3.8, 4) is 0 Å². The Labute approximate surface area is 172 Å². The quantitative estimate of drug-likeness (QED) is 0.712. The Balaban J connectivity index is 1.88. The van der Waals surface area contributed by atoms with Crippen molar-refractivity contribution in [2.45, 2.75) is 26.9 Å². The first-order valence-corrected chi connectivity index (χ1v) is 9.94. The first kappa shape index (κ1) is 21.2. The molecule has 2 aromatic rings. The number of carbonyl (C=O) groups excluding carboxylic acids is 1. The van der Waals surface area contributed by atoms with Gasteiger partial charge in [0.25, 0.3) is 0 Å². The lowest BCUT2D eigenvalue weighted by molar-refractivity contribution is -0.135. The zero-order valence-corrected chi connectivity index (χ0v) is 17.8. The number of hydrogen-bond donors (Lipinski definition) is 0. The first-order valence-electron chi connectivity index (χ1n) is 9.94. The molecule has 7 heteroatoms. The molecule has 1 fully saturated rings. The van der Waals surface area contributed by atoms with Crippen LogP contribution < -0.4 is 4.90 Å². The molecule has 1 aliphatic rings. The summed E-state index contributed by atoms with van der Waals surface area (Å²) in [4.78, 5) is 25.7. The monoisotopic (exact) mass is 398 g/mol. The van der Waals surface area contributed by atoms with Gasteiger partial charge in [0.05, 0.1) is 12.3 Å². The number of anilines is 1. The Morgan fingerprint density at radius 1 is 1.07 bits per heavy atom. The van der Waals surface area contributed by atoms with E-state index >= 15 is 0 Å². The van der Waals surface area contributed by atoms with Gasteiger partial charge in [0.15, 0.2) is 0 Å². The van der Waals surface area contributed by atoms with Crippen molar-refractivity contribution in [2.24, 2.45) is 0 Å². The Hall–Kier alpha value is -2.51. The molecule has 7 nitrogen and oxygen atoms in total. The number of aromatic nitrogens is 2. The molecular weight excluding hydrogens is 368 g/mol. The normalized spacial score (nSPS) is 14.3. The van der Waals surface area contributed by atoms with E-state index in [4.69, 9.17) is 14.5 Å². The van der Waals surface area contributed by atoms with Crippen molar-refractivity contribution in [2.75, 3.05) is 51.9 Å². The summed E-state index contributed by atoms with van der Waals surface area (Å²) < 4.78 is 10.4. The van der Waals surface area contributed by atoms with E-state index in [-0.39, 0.29) is 12.5 Å². The van der Waals surface area contributed by atoms with E-state index in [9.17, 15) is 4.79 Å². The Morgan fingerprint density at radius 3 is 2.48 bits per heavy atom. The number of carbonyl (C=O) groups is 1. The van der Waals surface area contributed by atoms with Crippen LogP contribution in [0.2, 0.25) is 0 Å². The number of hydrogen-bond acceptors (Lipinski definition) is 6. The fourth-order valence-electron chi connectivity index (χ4n) is 3.75. The van der Waals surface area contributed by atoms with Gasteiger partial charge in [0.1, 0.15) is 18.2 Å². The molecule has 156 valence electrons. The van der Waals surface area contributed by atoms with Gasteiger partial charge in [-0.25, -0.2) is 9.97 Å². The molecule has 1 aromatic heterocycles. The smallest absolute Gasteiger partial charge is 0.248 e. The summed E-state index contributed by atoms with van der Waals surface area (Å²) in [5.74, 6) is 1.72. The van der Waals surface area contributed by atoms with E-state index < -0.39 is 0 Å². The maximum atomic E-state index is 12.1. The van der Waals surface area contributed by atoms with Gasteiger partial charge >= 0.3 is 0 Å². The maximum Gasteiger partial charge on any atom is 0.248 e. The van der Waals surface area contributed by atoms with Gasteiger partial charge in [0, 0.05) is 52.4 Å². The highest BCUT2D eigenvalue weighted by atomic mass is 16.5. The SMILES string of the molecule is COCC(=O)N1CCN(c2nc(C)nc(COC)c2Cc2cccc(C)c2)CC1. The number of amides is 1. The predicted molar refractivity (Wildman–Crippen MR) is 112 cm³/mol. The highest BCUT2D eigenvalue weighted by Crippen LogP contribution is 2.26. The minimum atomic E-state index is 0.0334. The fourth-order valence-corrected chi connectivity index (χ4v) is 3.75. The lowest BCUT2D eigenvalue weighted by Crippen LogP contribution is -2.50. The number of ether oxygens (including phenoxy) is 2. The van der Waals surface area contributed by atoms with Crippen LogP contribution in [0.4, 0.5) is 5.82 Å². The minimum Gasteiger partial charge on any atom is -0.378 e. The number of nitrogens with zero attached hydrogens (tertiary/aromatic N) is 4. The third-order valence-corrected chi connectivity index (χ3v) is 5.13. The van der Waals surface area contributed by atoms with Gasteiger partial charge < -0.3 is 19.3 Å². The largest absolute Gasteiger partial charge is 0.378 e. The van der Waals surface area contributed by atoms with Crippen molar-refractivity contribution in [3.05, 3.63) is 52.5 Å². The van der Waals surface area contributed by atoms with Crippen molar-refractivity contribution < 1.29 is 14.3 Å². The van der Waals surface area contributed by atoms with Crippen LogP contribution >= 0.6 is 0 Å². The zero-order valence-electron chi connectivity index (χ0n) is 17.8. The molecule has 2 heterocycles. The van der Waals surface area contributed by atoms with Crippen LogP contribution in [0.25, 0.3) is 0 Å². The summed E-state index contributed by atoms with van der Waals surface area (Å²) in [6.07, 6.45) is 0.749. The second-order valence-corrected chi connectivity index (χ2v) is 7.42. The van der Waals surface area contributed by atoms with Crippen LogP contribution in [0.15, 0.2) is 24.3 Å². The number of benzene rings is 1. The molecule has 0 atom stereocenters. The summed E-state index contributed by atoms with van der Waals surface area (Å²) >= 11 is 0. The van der Waals surface area contributed by atoms with Gasteiger partial charge in [-0.05, 0) is 19.4 Å². The van der Waals surface area contributed by atoms with Crippen LogP contribution in [0.1, 0.15) is 28.2 Å². The maximum absolute atomic E-state index is 12.1. The topological polar surface area (TPSA) is 67.8 Å². The van der Waals surface area contributed by atoms with Crippen LogP contribution in [0.5, 0.6) is 0 Å². The Kier molecular flexibility index (Phi) is 7.17. The van der Waals surface area contributed by atoms with E-state index in [2.05, 4.69) is 41.1 Å². The summed E-state index contributed by atoms with van der Waals surface area (Å²) in [7, 11) is 3.24. The Bertz CT molecular complexity index is 848. The van der Waals surface area contributed by atoms with Crippen LogP contribution in [-0.2, 0) is 27.3 Å². The number of aryl methyl sites for hydroxylation is 2. The number of piperazine rings is 1. The average Bonchev–Trinajstić information content (AvgIpc) is 2.70. The molecule has 0 aliphatic carbocycles. The standard InChI is InChI=1S/C22H30N4O3/c1-16-6-5-7-18(12-16)13-19-20(14-28-3)23-17(2)24-22(19)26-10-8-25(9-11-26)21(27)15-29-4/h5-7,12H,8-11,13-15H2,1-4H3. The number of rotatable bonds is 7. The molecule has 0 bridgehead atoms. The molecule has 3 rings (SSSR count). The van der Waals surface area contributed by atoms with Gasteiger partial charge in [0.2, 0.25) is 5.91 Å². The van der Waals surface area contributed by atoms with Gasteiger partial charge in [-0.2, -0.15) is 0 Å². The lowest BCUT2D eigenvalue weighted by Gasteiger charge is -2.36. The molecule has 1 amide bonds. The molecule has 0 spiro atoms. The molecule has 29 heavy (non-hydrogen) atoms. The molecule has 0 radical (unpaired) electrons. The van der Waals surface area contributed by atoms with Crippen LogP contribution in [0, 0.1) is 13.8 Å². The third kappa shape index (κ3) is 5.31. The fraction of sp³-hybridized carbons (Fsp3) is 0.500. The first-order chi connectivity index (χ1) is 14.0. The number of methoxy groups -OCH3 is 2. The summed E-state index contributed by atoms with van der Waals surface area (Å²) in [5, 5.41) is 0. The third-order valence-electron chi connectivity index (χ3n) is 5.13. The molecule has 0 unspecified atom stereocenters. The zero-order chi connectivity index (χ0) is 20.8. The van der Waals surface area contributed by atoms with E-state index in [0.717, 1.165) is 42.4 Å². The van der Waals surface area contributed by atoms with E-state index in [1.807, 2.05) is 11.8 Å². The Morgan fingerprint density at radius 2 is 1.83 bits per heavy atom. The van der Waals surface area contributed by atoms with Gasteiger partial charge in [-0.3, -0.25) is 4.79 Å². The predicted octanol–water partition coefficient (Wildman–Crippen LogP) is 2.13. The highest BCUT2D eigenvalue weighted by Gasteiger charge is 2.25. The van der Waals surface area contributed by atoms with E-state index in [0.29, 0.717) is 19.7 Å². The second-order valence-electron chi connectivity index (χ2n) is 7.42. The average molecular weight is 399 g/mol. The lowest BCUT2D eigenvalue weighted by atomic mass is 10.0. The summed E-state index contributed by atoms with van der Waals surface area (Å²) in [6.45, 7) is 7.38. The van der Waals surface area contributed by atoms with Gasteiger partial charge in [-0.15, -0.1) is 0 Å². The molecule has 1 aromatic carbocycles. The second kappa shape index (κ2) is 9.80. The van der Waals surface area contributed by atoms with Crippen molar-refractivity contribution in [1.82, 2.24) is 14.9 Å². The summed E-state index contributed by atoms with van der Waals surface area (Å²) in [5.41, 5.74) is 4.48. The molecule has 1 aliphatic heterocycles. The van der Waals surface area contributed by atoms with Crippen molar-refractivity contribution in [1.29, 1.82) is 0 Å². The van der Waals surface area contributed by atoms with Crippen LogP contribution in [0.3, 0.4) is 0 Å². The molecule has 1 saturated heterocycles. The van der Waals surface area contributed by atoms with E-state index in [1.165, 1.54) is 11.1 Å². The molecule has 0 saturated carbocycles. The van der Waals surface area contributed by atoms with Gasteiger partial charge in [-0.1, -0.05) is 29.8 Å². The van der Waals surface area contributed by atoms with E-state index in [1.54, 1.807) is 14.2 Å².